The lowest BCUT2D eigenvalue weighted by Crippen LogP contribution is -2.48. The normalized spacial score (nSPS) is 20.6. The van der Waals surface area contributed by atoms with Gasteiger partial charge in [0, 0.05) is 42.7 Å². The molecule has 100 valence electrons. The molecule has 3 N–H and O–H groups in total. The van der Waals surface area contributed by atoms with Gasteiger partial charge in [0.1, 0.15) is 0 Å². The Hall–Kier alpha value is -0.420. The predicted molar refractivity (Wildman–Crippen MR) is 79.6 cm³/mol. The second-order valence-corrected chi connectivity index (χ2v) is 5.95. The highest BCUT2D eigenvalue weighted by Gasteiger charge is 2.19. The van der Waals surface area contributed by atoms with Gasteiger partial charge in [-0.25, -0.2) is 0 Å². The number of nitrogens with zero attached hydrogens (tertiary/aromatic N) is 1. The van der Waals surface area contributed by atoms with Crippen molar-refractivity contribution in [3.63, 3.8) is 0 Å². The minimum absolute atomic E-state index is 0.118. The van der Waals surface area contributed by atoms with Crippen LogP contribution in [0.5, 0.6) is 0 Å². The maximum absolute atomic E-state index is 6.31. The summed E-state index contributed by atoms with van der Waals surface area (Å²) in [5.41, 5.74) is 7.52. The van der Waals surface area contributed by atoms with Gasteiger partial charge in [-0.15, -0.1) is 0 Å². The largest absolute Gasteiger partial charge is 0.324 e. The van der Waals surface area contributed by atoms with E-state index in [-0.39, 0.29) is 6.04 Å². The summed E-state index contributed by atoms with van der Waals surface area (Å²) in [5.74, 6) is 0. The Kier molecular flexibility index (Phi) is 5.18. The molecule has 3 nitrogen and oxygen atoms in total. The van der Waals surface area contributed by atoms with Gasteiger partial charge in [-0.05, 0) is 31.0 Å². The van der Waals surface area contributed by atoms with E-state index in [4.69, 9.17) is 5.73 Å². The molecule has 0 aliphatic carbocycles. The molecule has 1 aliphatic heterocycles. The Morgan fingerprint density at radius 1 is 1.39 bits per heavy atom. The fourth-order valence-corrected chi connectivity index (χ4v) is 2.93. The first-order chi connectivity index (χ1) is 8.66. The molecule has 0 spiro atoms. The molecule has 0 saturated carbocycles. The second kappa shape index (κ2) is 6.66. The van der Waals surface area contributed by atoms with Crippen molar-refractivity contribution in [1.29, 1.82) is 0 Å². The van der Waals surface area contributed by atoms with Gasteiger partial charge in [0.05, 0.1) is 0 Å². The first-order valence-electron chi connectivity index (χ1n) is 6.62. The molecule has 1 heterocycles. The van der Waals surface area contributed by atoms with E-state index in [0.29, 0.717) is 6.04 Å². The van der Waals surface area contributed by atoms with Crippen LogP contribution >= 0.6 is 15.9 Å². The number of halogens is 1. The molecule has 0 aromatic heterocycles. The zero-order valence-electron chi connectivity index (χ0n) is 10.9. The van der Waals surface area contributed by atoms with Crippen molar-refractivity contribution in [2.75, 3.05) is 26.2 Å². The third-order valence-corrected chi connectivity index (χ3v) is 4.14. The Labute approximate surface area is 118 Å². The van der Waals surface area contributed by atoms with Gasteiger partial charge >= 0.3 is 0 Å². The molecule has 1 fully saturated rings. The molecule has 1 aromatic carbocycles. The number of benzene rings is 1. The summed E-state index contributed by atoms with van der Waals surface area (Å²) in [6.45, 7) is 6.73. The summed E-state index contributed by atoms with van der Waals surface area (Å²) in [7, 11) is 0. The van der Waals surface area contributed by atoms with Gasteiger partial charge in [0.2, 0.25) is 0 Å². The summed E-state index contributed by atoms with van der Waals surface area (Å²) in [4.78, 5) is 2.52. The highest BCUT2D eigenvalue weighted by atomic mass is 79.9. The fourth-order valence-electron chi connectivity index (χ4n) is 2.51. The maximum atomic E-state index is 6.31. The van der Waals surface area contributed by atoms with Crippen LogP contribution < -0.4 is 11.1 Å². The van der Waals surface area contributed by atoms with Crippen LogP contribution in [0, 0.1) is 0 Å². The highest BCUT2D eigenvalue weighted by Crippen LogP contribution is 2.21. The fraction of sp³-hybridized carbons (Fsp3) is 0.571. The standard InChI is InChI=1S/C14H22BrN3/c1-11(18-7-5-17-6-8-18)9-14(16)12-3-2-4-13(15)10-12/h2-4,10-11,14,17H,5-9,16H2,1H3. The summed E-state index contributed by atoms with van der Waals surface area (Å²) < 4.78 is 1.10. The van der Waals surface area contributed by atoms with E-state index in [9.17, 15) is 0 Å². The summed E-state index contributed by atoms with van der Waals surface area (Å²) >= 11 is 3.50. The monoisotopic (exact) mass is 311 g/mol. The topological polar surface area (TPSA) is 41.3 Å². The molecule has 1 aromatic rings. The minimum atomic E-state index is 0.118. The van der Waals surface area contributed by atoms with Crippen LogP contribution in [0.4, 0.5) is 0 Å². The first-order valence-corrected chi connectivity index (χ1v) is 7.42. The van der Waals surface area contributed by atoms with Gasteiger partial charge in [-0.3, -0.25) is 4.90 Å². The van der Waals surface area contributed by atoms with Crippen LogP contribution in [-0.2, 0) is 0 Å². The van der Waals surface area contributed by atoms with Crippen molar-refractivity contribution in [3.8, 4) is 0 Å². The number of nitrogens with two attached hydrogens (primary N) is 1. The van der Waals surface area contributed by atoms with E-state index in [2.05, 4.69) is 51.3 Å². The number of nitrogens with one attached hydrogen (secondary N) is 1. The lowest BCUT2D eigenvalue weighted by molar-refractivity contribution is 0.170. The molecular formula is C14H22BrN3. The van der Waals surface area contributed by atoms with E-state index < -0.39 is 0 Å². The van der Waals surface area contributed by atoms with Gasteiger partial charge < -0.3 is 11.1 Å². The third-order valence-electron chi connectivity index (χ3n) is 3.65. The summed E-state index contributed by atoms with van der Waals surface area (Å²) in [5, 5.41) is 3.38. The zero-order valence-corrected chi connectivity index (χ0v) is 12.5. The molecule has 2 unspecified atom stereocenters. The van der Waals surface area contributed by atoms with Crippen LogP contribution in [-0.4, -0.2) is 37.1 Å². The van der Waals surface area contributed by atoms with Crippen molar-refractivity contribution in [2.45, 2.75) is 25.4 Å². The Balaban J connectivity index is 1.91. The quantitative estimate of drug-likeness (QED) is 0.895. The molecule has 1 aliphatic rings. The van der Waals surface area contributed by atoms with Crippen molar-refractivity contribution in [1.82, 2.24) is 10.2 Å². The van der Waals surface area contributed by atoms with Gasteiger partial charge in [0.15, 0.2) is 0 Å². The average Bonchev–Trinajstić information content (AvgIpc) is 2.39. The average molecular weight is 312 g/mol. The van der Waals surface area contributed by atoms with Gasteiger partial charge in [-0.2, -0.15) is 0 Å². The van der Waals surface area contributed by atoms with Crippen molar-refractivity contribution in [3.05, 3.63) is 34.3 Å². The third kappa shape index (κ3) is 3.79. The van der Waals surface area contributed by atoms with E-state index in [1.807, 2.05) is 6.07 Å². The predicted octanol–water partition coefficient (Wildman–Crippen LogP) is 2.13. The lowest BCUT2D eigenvalue weighted by atomic mass is 10.00. The number of hydrogen-bond donors (Lipinski definition) is 2. The number of piperazine rings is 1. The smallest absolute Gasteiger partial charge is 0.0310 e. The molecule has 2 rings (SSSR count). The van der Waals surface area contributed by atoms with Crippen molar-refractivity contribution in [2.24, 2.45) is 5.73 Å². The van der Waals surface area contributed by atoms with E-state index >= 15 is 0 Å². The molecule has 4 heteroatoms. The van der Waals surface area contributed by atoms with E-state index in [1.165, 1.54) is 5.56 Å². The summed E-state index contributed by atoms with van der Waals surface area (Å²) in [6, 6.07) is 8.98. The van der Waals surface area contributed by atoms with Crippen molar-refractivity contribution < 1.29 is 0 Å². The molecule has 1 saturated heterocycles. The first kappa shape index (κ1) is 14.0. The minimum Gasteiger partial charge on any atom is -0.324 e. The highest BCUT2D eigenvalue weighted by molar-refractivity contribution is 9.10. The Bertz CT molecular complexity index is 377. The van der Waals surface area contributed by atoms with Gasteiger partial charge in [-0.1, -0.05) is 28.1 Å². The van der Waals surface area contributed by atoms with Crippen LogP contribution in [0.1, 0.15) is 24.9 Å². The summed E-state index contributed by atoms with van der Waals surface area (Å²) in [6.07, 6.45) is 1.01. The molecule has 0 bridgehead atoms. The Morgan fingerprint density at radius 2 is 2.11 bits per heavy atom. The SMILES string of the molecule is CC(CC(N)c1cccc(Br)c1)N1CCNCC1. The number of rotatable bonds is 4. The van der Waals surface area contributed by atoms with E-state index in [0.717, 1.165) is 37.1 Å². The van der Waals surface area contributed by atoms with E-state index in [1.54, 1.807) is 0 Å². The second-order valence-electron chi connectivity index (χ2n) is 5.03. The van der Waals surface area contributed by atoms with Crippen LogP contribution in [0.25, 0.3) is 0 Å². The molecule has 0 amide bonds. The molecule has 0 radical (unpaired) electrons. The van der Waals surface area contributed by atoms with Gasteiger partial charge in [0.25, 0.3) is 0 Å². The van der Waals surface area contributed by atoms with Crippen LogP contribution in [0.15, 0.2) is 28.7 Å². The Morgan fingerprint density at radius 3 is 2.78 bits per heavy atom. The lowest BCUT2D eigenvalue weighted by Gasteiger charge is -2.34. The number of hydrogen-bond acceptors (Lipinski definition) is 3. The van der Waals surface area contributed by atoms with Crippen LogP contribution in [0.3, 0.4) is 0 Å². The van der Waals surface area contributed by atoms with Crippen molar-refractivity contribution >= 4 is 15.9 Å². The zero-order chi connectivity index (χ0) is 13.0. The van der Waals surface area contributed by atoms with Crippen LogP contribution in [0.2, 0.25) is 0 Å². The molecule has 18 heavy (non-hydrogen) atoms. The molecular weight excluding hydrogens is 290 g/mol. The maximum Gasteiger partial charge on any atom is 0.0310 e. The molecule has 2 atom stereocenters.